The van der Waals surface area contributed by atoms with Gasteiger partial charge in [0, 0.05) is 12.2 Å². The Morgan fingerprint density at radius 3 is 2.30 bits per heavy atom. The number of hydrogen-bond acceptors (Lipinski definition) is 4. The minimum absolute atomic E-state index is 0. The highest BCUT2D eigenvalue weighted by molar-refractivity contribution is 6.00. The zero-order valence-electron chi connectivity index (χ0n) is 20.3. The second kappa shape index (κ2) is 11.9. The fourth-order valence-corrected chi connectivity index (χ4v) is 4.14. The first-order valence-electron chi connectivity index (χ1n) is 11.5. The number of nitrogens with one attached hydrogen (secondary N) is 3. The summed E-state index contributed by atoms with van der Waals surface area (Å²) >= 11 is 0. The topological polar surface area (TPSA) is 90.5 Å². The van der Waals surface area contributed by atoms with Crippen molar-refractivity contribution in [3.05, 3.63) is 95.1 Å². The Labute approximate surface area is 219 Å². The first kappa shape index (κ1) is 27.8. The van der Waals surface area contributed by atoms with E-state index < -0.39 is 35.3 Å². The summed E-state index contributed by atoms with van der Waals surface area (Å²) in [5.74, 6) is -3.17. The average Bonchev–Trinajstić information content (AvgIpc) is 3.27. The van der Waals surface area contributed by atoms with E-state index in [1.54, 1.807) is 62.5 Å². The van der Waals surface area contributed by atoms with Crippen molar-refractivity contribution in [2.75, 3.05) is 17.7 Å². The number of anilines is 2. The van der Waals surface area contributed by atoms with Crippen molar-refractivity contribution in [2.24, 2.45) is 0 Å². The molecule has 7 nitrogen and oxygen atoms in total. The normalized spacial score (nSPS) is 14.8. The van der Waals surface area contributed by atoms with Crippen molar-refractivity contribution in [2.45, 2.75) is 32.0 Å². The Morgan fingerprint density at radius 2 is 1.59 bits per heavy atom. The molecule has 3 N–H and O–H groups in total. The van der Waals surface area contributed by atoms with Crippen LogP contribution in [0.25, 0.3) is 0 Å². The van der Waals surface area contributed by atoms with Crippen LogP contribution < -0.4 is 16.0 Å². The maximum absolute atomic E-state index is 14.2. The lowest BCUT2D eigenvalue weighted by molar-refractivity contribution is -0.138. The van der Waals surface area contributed by atoms with Crippen molar-refractivity contribution in [1.82, 2.24) is 10.2 Å². The van der Waals surface area contributed by atoms with Crippen molar-refractivity contribution in [3.63, 3.8) is 0 Å². The third-order valence-electron chi connectivity index (χ3n) is 6.22. The molecular formula is C27H27ClF2N4O3. The molecule has 0 aromatic heterocycles. The van der Waals surface area contributed by atoms with Gasteiger partial charge in [-0.1, -0.05) is 48.5 Å². The number of carbonyl (C=O) groups is 3. The quantitative estimate of drug-likeness (QED) is 0.429. The lowest BCUT2D eigenvalue weighted by atomic mass is 10.0. The van der Waals surface area contributed by atoms with E-state index in [1.165, 1.54) is 11.0 Å². The molecule has 1 heterocycles. The van der Waals surface area contributed by atoms with Gasteiger partial charge in [-0.15, -0.1) is 12.4 Å². The summed E-state index contributed by atoms with van der Waals surface area (Å²) in [5, 5.41) is 8.00. The summed E-state index contributed by atoms with van der Waals surface area (Å²) < 4.78 is 28.4. The molecule has 1 aliphatic heterocycles. The molecule has 1 aliphatic rings. The molecule has 0 saturated heterocycles. The van der Waals surface area contributed by atoms with Crippen LogP contribution in [0.3, 0.4) is 0 Å². The zero-order chi connectivity index (χ0) is 25.8. The number of hydrogen-bond donors (Lipinski definition) is 3. The summed E-state index contributed by atoms with van der Waals surface area (Å²) in [6, 6.07) is 15.8. The van der Waals surface area contributed by atoms with Crippen LogP contribution in [0, 0.1) is 11.6 Å². The summed E-state index contributed by atoms with van der Waals surface area (Å²) in [4.78, 5) is 40.5. The Balaban J connectivity index is 0.00000380. The van der Waals surface area contributed by atoms with Gasteiger partial charge in [-0.2, -0.15) is 0 Å². The van der Waals surface area contributed by atoms with Gasteiger partial charge in [0.25, 0.3) is 5.91 Å². The third kappa shape index (κ3) is 5.95. The fraction of sp³-hybridized carbons (Fsp3) is 0.222. The maximum atomic E-state index is 14.2. The number of halogens is 3. The molecule has 0 bridgehead atoms. The molecule has 2 atom stereocenters. The van der Waals surface area contributed by atoms with E-state index in [9.17, 15) is 23.2 Å². The molecule has 37 heavy (non-hydrogen) atoms. The number of para-hydroxylation sites is 2. The second-order valence-corrected chi connectivity index (χ2v) is 8.54. The average molecular weight is 529 g/mol. The predicted molar refractivity (Wildman–Crippen MR) is 139 cm³/mol. The molecule has 4 rings (SSSR count). The molecule has 1 unspecified atom stereocenters. The van der Waals surface area contributed by atoms with E-state index in [2.05, 4.69) is 16.0 Å². The summed E-state index contributed by atoms with van der Waals surface area (Å²) in [6.45, 7) is 1.88. The maximum Gasteiger partial charge on any atom is 0.252 e. The van der Waals surface area contributed by atoms with Crippen LogP contribution in [0.5, 0.6) is 0 Å². The number of nitrogens with zero attached hydrogens (tertiary/aromatic N) is 1. The van der Waals surface area contributed by atoms with Crippen LogP contribution in [0.2, 0.25) is 0 Å². The van der Waals surface area contributed by atoms with E-state index in [0.29, 0.717) is 16.8 Å². The molecule has 0 saturated carbocycles. The minimum atomic E-state index is -1.07. The van der Waals surface area contributed by atoms with Crippen LogP contribution in [0.15, 0.2) is 66.7 Å². The molecule has 194 valence electrons. The Hall–Kier alpha value is -3.82. The van der Waals surface area contributed by atoms with Crippen molar-refractivity contribution < 1.29 is 23.2 Å². The minimum Gasteiger partial charge on any atom is -0.324 e. The van der Waals surface area contributed by atoms with Gasteiger partial charge in [0.1, 0.15) is 23.4 Å². The zero-order valence-corrected chi connectivity index (χ0v) is 21.1. The molecule has 3 amide bonds. The fourth-order valence-electron chi connectivity index (χ4n) is 4.14. The molecule has 0 fully saturated rings. The van der Waals surface area contributed by atoms with E-state index >= 15 is 0 Å². The van der Waals surface area contributed by atoms with Gasteiger partial charge in [-0.05, 0) is 48.9 Å². The number of carbonyl (C=O) groups excluding carboxylic acids is 3. The first-order chi connectivity index (χ1) is 17.3. The molecule has 3 aromatic rings. The van der Waals surface area contributed by atoms with Crippen LogP contribution in [0.4, 0.5) is 20.2 Å². The standard InChI is InChI=1S/C27H26F2N4O3.ClH/c1-16(30-2)26(35)31-22-13-6-4-8-17(22)14-23(34)33-15-18-9-3-5-10-19(18)25(33)27(36)32-24-20(28)11-7-12-21(24)29;/h3-13,16,25,30H,14-15H2,1-2H3,(H,31,35)(H,32,36);1H/t16?,25-;/m0./s1. The number of amides is 3. The van der Waals surface area contributed by atoms with Gasteiger partial charge in [-0.25, -0.2) is 8.78 Å². The lowest BCUT2D eigenvalue weighted by Gasteiger charge is -2.25. The van der Waals surface area contributed by atoms with Crippen LogP contribution in [-0.2, 0) is 27.3 Å². The number of rotatable bonds is 7. The molecule has 10 heteroatoms. The highest BCUT2D eigenvalue weighted by Gasteiger charge is 2.38. The Morgan fingerprint density at radius 1 is 0.946 bits per heavy atom. The van der Waals surface area contributed by atoms with Crippen LogP contribution in [-0.4, -0.2) is 35.7 Å². The van der Waals surface area contributed by atoms with Crippen molar-refractivity contribution in [3.8, 4) is 0 Å². The summed E-state index contributed by atoms with van der Waals surface area (Å²) in [6.07, 6.45) is -0.0871. The van der Waals surface area contributed by atoms with E-state index in [0.717, 1.165) is 17.7 Å². The number of likely N-dealkylation sites (N-methyl/N-ethyl adjacent to an activating group) is 1. The molecule has 0 radical (unpaired) electrons. The summed E-state index contributed by atoms with van der Waals surface area (Å²) in [7, 11) is 1.67. The van der Waals surface area contributed by atoms with Crippen molar-refractivity contribution in [1.29, 1.82) is 0 Å². The van der Waals surface area contributed by atoms with Crippen LogP contribution in [0.1, 0.15) is 29.7 Å². The van der Waals surface area contributed by atoms with Crippen molar-refractivity contribution >= 4 is 41.5 Å². The first-order valence-corrected chi connectivity index (χ1v) is 11.5. The molecule has 0 spiro atoms. The molecule has 3 aromatic carbocycles. The van der Waals surface area contributed by atoms with Gasteiger partial charge < -0.3 is 20.9 Å². The molecule has 0 aliphatic carbocycles. The van der Waals surface area contributed by atoms with Gasteiger partial charge in [0.05, 0.1) is 12.5 Å². The highest BCUT2D eigenvalue weighted by Crippen LogP contribution is 2.36. The largest absolute Gasteiger partial charge is 0.324 e. The van der Waals surface area contributed by atoms with E-state index in [4.69, 9.17) is 0 Å². The Bertz CT molecular complexity index is 1300. The lowest BCUT2D eigenvalue weighted by Crippen LogP contribution is -2.38. The predicted octanol–water partition coefficient (Wildman–Crippen LogP) is 4.20. The molecular weight excluding hydrogens is 502 g/mol. The van der Waals surface area contributed by atoms with E-state index in [1.807, 2.05) is 0 Å². The van der Waals surface area contributed by atoms with Crippen LogP contribution >= 0.6 is 12.4 Å². The number of benzene rings is 3. The van der Waals surface area contributed by atoms with Gasteiger partial charge in [-0.3, -0.25) is 14.4 Å². The summed E-state index contributed by atoms with van der Waals surface area (Å²) in [5.41, 5.74) is 1.86. The SMILES string of the molecule is CNC(C)C(=O)Nc1ccccc1CC(=O)N1Cc2ccccc2[C@H]1C(=O)Nc1c(F)cccc1F.Cl. The smallest absolute Gasteiger partial charge is 0.252 e. The Kier molecular flexibility index (Phi) is 8.96. The third-order valence-corrected chi connectivity index (χ3v) is 6.22. The highest BCUT2D eigenvalue weighted by atomic mass is 35.5. The monoisotopic (exact) mass is 528 g/mol. The second-order valence-electron chi connectivity index (χ2n) is 8.54. The number of fused-ring (bicyclic) bond motifs is 1. The van der Waals surface area contributed by atoms with Gasteiger partial charge >= 0.3 is 0 Å². The van der Waals surface area contributed by atoms with Gasteiger partial charge in [0.15, 0.2) is 0 Å². The van der Waals surface area contributed by atoms with Gasteiger partial charge in [0.2, 0.25) is 11.8 Å². The van der Waals surface area contributed by atoms with E-state index in [-0.39, 0.29) is 37.2 Å².